The van der Waals surface area contributed by atoms with Gasteiger partial charge in [-0.05, 0) is 43.3 Å². The molecule has 2 aromatic carbocycles. The van der Waals surface area contributed by atoms with Gasteiger partial charge in [-0.25, -0.2) is 0 Å². The van der Waals surface area contributed by atoms with Crippen molar-refractivity contribution in [3.63, 3.8) is 0 Å². The van der Waals surface area contributed by atoms with Gasteiger partial charge in [0, 0.05) is 18.4 Å². The number of methoxy groups -OCH3 is 1. The van der Waals surface area contributed by atoms with Crippen molar-refractivity contribution in [1.82, 2.24) is 0 Å². The molecule has 4 nitrogen and oxygen atoms in total. The fourth-order valence-electron chi connectivity index (χ4n) is 1.79. The molecule has 0 aromatic heterocycles. The van der Waals surface area contributed by atoms with Gasteiger partial charge in [-0.1, -0.05) is 17.7 Å². The fraction of sp³-hybridized carbons (Fsp3) is 0.235. The molecule has 1 N–H and O–H groups in total. The SMILES string of the molecule is COCCOc1ccc(NC(=O)c2ccc(C)cc2)cc1. The van der Waals surface area contributed by atoms with Crippen LogP contribution in [0.1, 0.15) is 15.9 Å². The smallest absolute Gasteiger partial charge is 0.255 e. The van der Waals surface area contributed by atoms with Crippen LogP contribution in [0.5, 0.6) is 5.75 Å². The highest BCUT2D eigenvalue weighted by molar-refractivity contribution is 6.04. The summed E-state index contributed by atoms with van der Waals surface area (Å²) < 4.78 is 10.4. The molecule has 1 amide bonds. The summed E-state index contributed by atoms with van der Waals surface area (Å²) in [6.07, 6.45) is 0. The number of benzene rings is 2. The number of ether oxygens (including phenoxy) is 2. The van der Waals surface area contributed by atoms with Crippen LogP contribution in [0, 0.1) is 6.92 Å². The lowest BCUT2D eigenvalue weighted by atomic mass is 10.1. The first-order valence-corrected chi connectivity index (χ1v) is 6.79. The van der Waals surface area contributed by atoms with Gasteiger partial charge in [0.1, 0.15) is 12.4 Å². The summed E-state index contributed by atoms with van der Waals surface area (Å²) in [5.41, 5.74) is 2.50. The van der Waals surface area contributed by atoms with E-state index < -0.39 is 0 Å². The minimum Gasteiger partial charge on any atom is -0.491 e. The van der Waals surface area contributed by atoms with E-state index in [1.807, 2.05) is 55.5 Å². The standard InChI is InChI=1S/C17H19NO3/c1-13-3-5-14(6-4-13)17(19)18-15-7-9-16(10-8-15)21-12-11-20-2/h3-10H,11-12H2,1-2H3,(H,18,19). The lowest BCUT2D eigenvalue weighted by Crippen LogP contribution is -2.11. The van der Waals surface area contributed by atoms with Crippen molar-refractivity contribution in [3.8, 4) is 5.75 Å². The minimum absolute atomic E-state index is 0.122. The molecule has 0 bridgehead atoms. The van der Waals surface area contributed by atoms with Crippen molar-refractivity contribution in [2.45, 2.75) is 6.92 Å². The second kappa shape index (κ2) is 7.45. The van der Waals surface area contributed by atoms with Crippen molar-refractivity contribution >= 4 is 11.6 Å². The Morgan fingerprint density at radius 2 is 1.67 bits per heavy atom. The van der Waals surface area contributed by atoms with Crippen LogP contribution in [0.2, 0.25) is 0 Å². The van der Waals surface area contributed by atoms with E-state index in [2.05, 4.69) is 5.32 Å². The van der Waals surface area contributed by atoms with E-state index in [4.69, 9.17) is 9.47 Å². The van der Waals surface area contributed by atoms with Gasteiger partial charge >= 0.3 is 0 Å². The summed E-state index contributed by atoms with van der Waals surface area (Å²) in [6.45, 7) is 3.04. The zero-order chi connectivity index (χ0) is 15.1. The summed E-state index contributed by atoms with van der Waals surface area (Å²) >= 11 is 0. The maximum atomic E-state index is 12.1. The average molecular weight is 285 g/mol. The predicted octanol–water partition coefficient (Wildman–Crippen LogP) is 3.27. The van der Waals surface area contributed by atoms with Crippen LogP contribution < -0.4 is 10.1 Å². The molecule has 110 valence electrons. The largest absolute Gasteiger partial charge is 0.491 e. The minimum atomic E-state index is -0.122. The highest BCUT2D eigenvalue weighted by Crippen LogP contribution is 2.16. The maximum absolute atomic E-state index is 12.1. The fourth-order valence-corrected chi connectivity index (χ4v) is 1.79. The van der Waals surface area contributed by atoms with Gasteiger partial charge in [0.15, 0.2) is 0 Å². The lowest BCUT2D eigenvalue weighted by molar-refractivity contribution is 0.102. The van der Waals surface area contributed by atoms with Crippen LogP contribution in [0.15, 0.2) is 48.5 Å². The number of hydrogen-bond acceptors (Lipinski definition) is 3. The molecule has 2 aromatic rings. The number of anilines is 1. The number of carbonyl (C=O) groups is 1. The van der Waals surface area contributed by atoms with E-state index in [1.165, 1.54) is 0 Å². The molecule has 0 saturated heterocycles. The van der Waals surface area contributed by atoms with Crippen LogP contribution in [0.3, 0.4) is 0 Å². The van der Waals surface area contributed by atoms with Gasteiger partial charge in [0.05, 0.1) is 6.61 Å². The van der Waals surface area contributed by atoms with Gasteiger partial charge in [-0.3, -0.25) is 4.79 Å². The molecule has 0 unspecified atom stereocenters. The first-order chi connectivity index (χ1) is 10.2. The van der Waals surface area contributed by atoms with E-state index in [9.17, 15) is 4.79 Å². The topological polar surface area (TPSA) is 47.6 Å². The zero-order valence-electron chi connectivity index (χ0n) is 12.3. The Bertz CT molecular complexity index is 576. The molecule has 0 aliphatic carbocycles. The molecule has 21 heavy (non-hydrogen) atoms. The van der Waals surface area contributed by atoms with Crippen molar-refractivity contribution < 1.29 is 14.3 Å². The molecular formula is C17H19NO3. The molecule has 0 atom stereocenters. The number of aryl methyl sites for hydroxylation is 1. The van der Waals surface area contributed by atoms with Gasteiger partial charge in [-0.2, -0.15) is 0 Å². The lowest BCUT2D eigenvalue weighted by Gasteiger charge is -2.08. The van der Waals surface area contributed by atoms with Crippen molar-refractivity contribution in [1.29, 1.82) is 0 Å². The Labute approximate surface area is 124 Å². The third-order valence-corrected chi connectivity index (χ3v) is 2.98. The monoisotopic (exact) mass is 285 g/mol. The molecule has 0 heterocycles. The van der Waals surface area contributed by atoms with Crippen LogP contribution in [-0.2, 0) is 4.74 Å². The quantitative estimate of drug-likeness (QED) is 0.829. The third-order valence-electron chi connectivity index (χ3n) is 2.98. The number of rotatable bonds is 6. The summed E-state index contributed by atoms with van der Waals surface area (Å²) in [7, 11) is 1.63. The Morgan fingerprint density at radius 1 is 1.00 bits per heavy atom. The summed E-state index contributed by atoms with van der Waals surface area (Å²) in [5, 5.41) is 2.85. The third kappa shape index (κ3) is 4.61. The molecule has 0 saturated carbocycles. The molecular weight excluding hydrogens is 266 g/mol. The Morgan fingerprint density at radius 3 is 2.29 bits per heavy atom. The number of carbonyl (C=O) groups excluding carboxylic acids is 1. The van der Waals surface area contributed by atoms with E-state index in [0.717, 1.165) is 17.0 Å². The van der Waals surface area contributed by atoms with Crippen LogP contribution >= 0.6 is 0 Å². The van der Waals surface area contributed by atoms with Crippen molar-refractivity contribution in [2.24, 2.45) is 0 Å². The summed E-state index contributed by atoms with van der Waals surface area (Å²) in [4.78, 5) is 12.1. The first kappa shape index (κ1) is 15.1. The van der Waals surface area contributed by atoms with E-state index in [0.29, 0.717) is 18.8 Å². The number of hydrogen-bond donors (Lipinski definition) is 1. The molecule has 0 aliphatic rings. The summed E-state index contributed by atoms with van der Waals surface area (Å²) in [5.74, 6) is 0.628. The predicted molar refractivity (Wildman–Crippen MR) is 82.9 cm³/mol. The molecule has 4 heteroatoms. The Balaban J connectivity index is 1.93. The van der Waals surface area contributed by atoms with E-state index >= 15 is 0 Å². The molecule has 0 radical (unpaired) electrons. The average Bonchev–Trinajstić information content (AvgIpc) is 2.50. The van der Waals surface area contributed by atoms with Crippen LogP contribution in [0.25, 0.3) is 0 Å². The molecule has 2 rings (SSSR count). The van der Waals surface area contributed by atoms with Crippen molar-refractivity contribution in [2.75, 3.05) is 25.6 Å². The molecule has 0 fully saturated rings. The van der Waals surface area contributed by atoms with Crippen LogP contribution in [0.4, 0.5) is 5.69 Å². The van der Waals surface area contributed by atoms with Crippen molar-refractivity contribution in [3.05, 3.63) is 59.7 Å². The Hall–Kier alpha value is -2.33. The van der Waals surface area contributed by atoms with E-state index in [-0.39, 0.29) is 5.91 Å². The highest BCUT2D eigenvalue weighted by Gasteiger charge is 2.05. The number of nitrogens with one attached hydrogen (secondary N) is 1. The first-order valence-electron chi connectivity index (χ1n) is 6.79. The Kier molecular flexibility index (Phi) is 5.35. The van der Waals surface area contributed by atoms with Gasteiger partial charge < -0.3 is 14.8 Å². The van der Waals surface area contributed by atoms with Gasteiger partial charge in [0.2, 0.25) is 0 Å². The van der Waals surface area contributed by atoms with E-state index in [1.54, 1.807) is 7.11 Å². The molecule has 0 spiro atoms. The van der Waals surface area contributed by atoms with Gasteiger partial charge in [0.25, 0.3) is 5.91 Å². The highest BCUT2D eigenvalue weighted by atomic mass is 16.5. The van der Waals surface area contributed by atoms with Gasteiger partial charge in [-0.15, -0.1) is 0 Å². The maximum Gasteiger partial charge on any atom is 0.255 e. The second-order valence-electron chi connectivity index (χ2n) is 4.69. The number of amides is 1. The molecule has 0 aliphatic heterocycles. The summed E-state index contributed by atoms with van der Waals surface area (Å²) in [6, 6.07) is 14.7. The second-order valence-corrected chi connectivity index (χ2v) is 4.69. The zero-order valence-corrected chi connectivity index (χ0v) is 12.3. The normalized spacial score (nSPS) is 10.2. The van der Waals surface area contributed by atoms with Crippen LogP contribution in [-0.4, -0.2) is 26.2 Å².